The summed E-state index contributed by atoms with van der Waals surface area (Å²) < 4.78 is 0. The normalized spacial score (nSPS) is 14.6. The molecule has 7 heteroatoms. The number of Topliss-reactive ketones (excluding diaryl/α,β-unsaturated/α-hetero) is 1. The van der Waals surface area contributed by atoms with Crippen molar-refractivity contribution in [3.63, 3.8) is 0 Å². The van der Waals surface area contributed by atoms with Crippen molar-refractivity contribution >= 4 is 40.5 Å². The van der Waals surface area contributed by atoms with E-state index in [-0.39, 0.29) is 5.56 Å². The molecular weight excluding hydrogens is 380 g/mol. The Balaban J connectivity index is 1.60. The predicted molar refractivity (Wildman–Crippen MR) is 117 cm³/mol. The molecular formula is C23H24N4O3. The molecule has 1 aliphatic heterocycles. The number of anilines is 2. The van der Waals surface area contributed by atoms with Crippen LogP contribution in [-0.2, 0) is 16.0 Å². The SMILES string of the molecule is NC(=O)C(=O)c1c(N2CCC(Cc3ccccc3)CC2)[nH]c2ccc(NC=O)cc12. The van der Waals surface area contributed by atoms with Crippen LogP contribution in [0.4, 0.5) is 11.5 Å². The first-order valence-electron chi connectivity index (χ1n) is 10.1. The molecule has 0 bridgehead atoms. The van der Waals surface area contributed by atoms with Crippen LogP contribution < -0.4 is 16.0 Å². The van der Waals surface area contributed by atoms with Crippen LogP contribution in [0.1, 0.15) is 28.8 Å². The number of aromatic amines is 1. The van der Waals surface area contributed by atoms with Gasteiger partial charge in [-0.3, -0.25) is 14.4 Å². The lowest BCUT2D eigenvalue weighted by molar-refractivity contribution is -0.114. The van der Waals surface area contributed by atoms with Gasteiger partial charge in [0.1, 0.15) is 5.82 Å². The number of nitrogens with one attached hydrogen (secondary N) is 2. The molecule has 0 radical (unpaired) electrons. The Morgan fingerprint density at radius 1 is 1.13 bits per heavy atom. The number of nitrogens with zero attached hydrogens (tertiary/aromatic N) is 1. The van der Waals surface area contributed by atoms with Gasteiger partial charge in [-0.15, -0.1) is 0 Å². The minimum absolute atomic E-state index is 0.272. The standard InChI is InChI=1S/C23H24N4O3/c24-22(30)21(29)20-18-13-17(25-14-28)6-7-19(18)26-23(20)27-10-8-16(9-11-27)12-15-4-2-1-3-5-15/h1-7,13-14,16,26H,8-12H2,(H2,24,30)(H,25,28). The number of ketones is 1. The van der Waals surface area contributed by atoms with E-state index in [0.29, 0.717) is 29.2 Å². The van der Waals surface area contributed by atoms with Gasteiger partial charge in [0.25, 0.3) is 11.7 Å². The number of piperidine rings is 1. The average molecular weight is 404 g/mol. The van der Waals surface area contributed by atoms with Crippen molar-refractivity contribution in [3.05, 3.63) is 59.7 Å². The van der Waals surface area contributed by atoms with Crippen LogP contribution in [-0.4, -0.2) is 36.2 Å². The van der Waals surface area contributed by atoms with Crippen LogP contribution in [0.25, 0.3) is 10.9 Å². The Morgan fingerprint density at radius 2 is 1.87 bits per heavy atom. The van der Waals surface area contributed by atoms with Crippen LogP contribution in [0.3, 0.4) is 0 Å². The van der Waals surface area contributed by atoms with Gasteiger partial charge in [-0.1, -0.05) is 30.3 Å². The van der Waals surface area contributed by atoms with Gasteiger partial charge in [0.15, 0.2) is 0 Å². The summed E-state index contributed by atoms with van der Waals surface area (Å²) in [6, 6.07) is 15.6. The summed E-state index contributed by atoms with van der Waals surface area (Å²) in [6.07, 6.45) is 3.59. The van der Waals surface area contributed by atoms with Gasteiger partial charge in [-0.05, 0) is 48.9 Å². The van der Waals surface area contributed by atoms with E-state index < -0.39 is 11.7 Å². The zero-order valence-electron chi connectivity index (χ0n) is 16.6. The van der Waals surface area contributed by atoms with Gasteiger partial charge >= 0.3 is 0 Å². The molecule has 154 valence electrons. The second kappa shape index (κ2) is 8.41. The van der Waals surface area contributed by atoms with Gasteiger partial charge in [0.2, 0.25) is 6.41 Å². The third-order valence-electron chi connectivity index (χ3n) is 5.75. The molecule has 2 aromatic carbocycles. The highest BCUT2D eigenvalue weighted by Crippen LogP contribution is 2.34. The van der Waals surface area contributed by atoms with Crippen LogP contribution in [0, 0.1) is 5.92 Å². The van der Waals surface area contributed by atoms with Crippen molar-refractivity contribution in [2.24, 2.45) is 11.7 Å². The number of carbonyl (C=O) groups excluding carboxylic acids is 3. The Labute approximate surface area is 174 Å². The number of H-pyrrole nitrogens is 1. The Kier molecular flexibility index (Phi) is 5.52. The van der Waals surface area contributed by atoms with E-state index in [1.165, 1.54) is 5.56 Å². The Hall–Kier alpha value is -3.61. The minimum Gasteiger partial charge on any atom is -0.363 e. The number of benzene rings is 2. The third-order valence-corrected chi connectivity index (χ3v) is 5.75. The maximum atomic E-state index is 12.6. The van der Waals surface area contributed by atoms with Crippen molar-refractivity contribution in [3.8, 4) is 0 Å². The van der Waals surface area contributed by atoms with Crippen molar-refractivity contribution in [1.82, 2.24) is 4.98 Å². The zero-order valence-corrected chi connectivity index (χ0v) is 16.6. The molecule has 0 saturated carbocycles. The summed E-state index contributed by atoms with van der Waals surface area (Å²) in [6.45, 7) is 1.56. The van der Waals surface area contributed by atoms with Crippen LogP contribution >= 0.6 is 0 Å². The predicted octanol–water partition coefficient (Wildman–Crippen LogP) is 2.86. The number of fused-ring (bicyclic) bond motifs is 1. The lowest BCUT2D eigenvalue weighted by Gasteiger charge is -2.33. The van der Waals surface area contributed by atoms with Crippen molar-refractivity contribution in [1.29, 1.82) is 0 Å². The second-order valence-electron chi connectivity index (χ2n) is 7.68. The summed E-state index contributed by atoms with van der Waals surface area (Å²) >= 11 is 0. The molecule has 4 N–H and O–H groups in total. The molecule has 3 aromatic rings. The molecule has 1 aliphatic rings. The number of amides is 2. The van der Waals surface area contributed by atoms with E-state index in [2.05, 4.69) is 39.5 Å². The number of rotatable bonds is 7. The smallest absolute Gasteiger partial charge is 0.289 e. The summed E-state index contributed by atoms with van der Waals surface area (Å²) in [7, 11) is 0. The molecule has 2 amide bonds. The summed E-state index contributed by atoms with van der Waals surface area (Å²) in [5, 5.41) is 3.15. The third kappa shape index (κ3) is 3.91. The molecule has 4 rings (SSSR count). The Morgan fingerprint density at radius 3 is 2.53 bits per heavy atom. The minimum atomic E-state index is -0.995. The summed E-state index contributed by atoms with van der Waals surface area (Å²) in [5.74, 6) is -0.530. The van der Waals surface area contributed by atoms with E-state index in [4.69, 9.17) is 5.73 Å². The number of hydrogen-bond donors (Lipinski definition) is 3. The molecule has 7 nitrogen and oxygen atoms in total. The van der Waals surface area contributed by atoms with E-state index in [1.54, 1.807) is 18.2 Å². The highest BCUT2D eigenvalue weighted by molar-refractivity contribution is 6.46. The van der Waals surface area contributed by atoms with Gasteiger partial charge in [0, 0.05) is 29.7 Å². The fourth-order valence-electron chi connectivity index (χ4n) is 4.23. The molecule has 0 atom stereocenters. The topological polar surface area (TPSA) is 108 Å². The van der Waals surface area contributed by atoms with E-state index in [0.717, 1.165) is 37.9 Å². The molecule has 1 aromatic heterocycles. The number of hydrogen-bond acceptors (Lipinski definition) is 4. The maximum Gasteiger partial charge on any atom is 0.289 e. The molecule has 1 saturated heterocycles. The first-order chi connectivity index (χ1) is 14.6. The van der Waals surface area contributed by atoms with Crippen molar-refractivity contribution in [2.45, 2.75) is 19.3 Å². The maximum absolute atomic E-state index is 12.6. The average Bonchev–Trinajstić information content (AvgIpc) is 3.13. The monoisotopic (exact) mass is 404 g/mol. The first kappa shape index (κ1) is 19.7. The lowest BCUT2D eigenvalue weighted by atomic mass is 9.90. The van der Waals surface area contributed by atoms with E-state index in [1.807, 2.05) is 6.07 Å². The van der Waals surface area contributed by atoms with E-state index >= 15 is 0 Å². The number of nitrogens with two attached hydrogens (primary N) is 1. The quantitative estimate of drug-likeness (QED) is 0.320. The van der Waals surface area contributed by atoms with Crippen LogP contribution in [0.5, 0.6) is 0 Å². The molecule has 1 fully saturated rings. The van der Waals surface area contributed by atoms with Crippen molar-refractivity contribution < 1.29 is 14.4 Å². The summed E-state index contributed by atoms with van der Waals surface area (Å²) in [5.41, 5.74) is 8.20. The van der Waals surface area contributed by atoms with Crippen molar-refractivity contribution in [2.75, 3.05) is 23.3 Å². The number of primary amides is 1. The fraction of sp³-hybridized carbons (Fsp3) is 0.261. The molecule has 0 spiro atoms. The molecule has 0 unspecified atom stereocenters. The fourth-order valence-corrected chi connectivity index (χ4v) is 4.23. The van der Waals surface area contributed by atoms with E-state index in [9.17, 15) is 14.4 Å². The van der Waals surface area contributed by atoms with Crippen LogP contribution in [0.2, 0.25) is 0 Å². The van der Waals surface area contributed by atoms with Gasteiger partial charge in [-0.2, -0.15) is 0 Å². The van der Waals surface area contributed by atoms with Gasteiger partial charge in [0.05, 0.1) is 5.56 Å². The second-order valence-corrected chi connectivity index (χ2v) is 7.68. The zero-order chi connectivity index (χ0) is 21.1. The lowest BCUT2D eigenvalue weighted by Crippen LogP contribution is -2.36. The van der Waals surface area contributed by atoms with Crippen LogP contribution in [0.15, 0.2) is 48.5 Å². The molecule has 0 aliphatic carbocycles. The van der Waals surface area contributed by atoms with Gasteiger partial charge in [-0.25, -0.2) is 0 Å². The number of aromatic nitrogens is 1. The summed E-state index contributed by atoms with van der Waals surface area (Å²) in [4.78, 5) is 40.5. The Bertz CT molecular complexity index is 1080. The number of carbonyl (C=O) groups is 3. The molecule has 30 heavy (non-hydrogen) atoms. The highest BCUT2D eigenvalue weighted by Gasteiger charge is 2.28. The highest BCUT2D eigenvalue weighted by atomic mass is 16.2. The molecule has 2 heterocycles. The van der Waals surface area contributed by atoms with Gasteiger partial charge < -0.3 is 20.9 Å². The first-order valence-corrected chi connectivity index (χ1v) is 10.1. The largest absolute Gasteiger partial charge is 0.363 e.